The first kappa shape index (κ1) is 12.8. The van der Waals surface area contributed by atoms with Crippen molar-refractivity contribution in [1.82, 2.24) is 9.97 Å². The van der Waals surface area contributed by atoms with E-state index in [2.05, 4.69) is 9.97 Å². The molecule has 0 aliphatic rings. The van der Waals surface area contributed by atoms with Gasteiger partial charge in [0.05, 0.1) is 18.2 Å². The molecule has 3 N–H and O–H groups in total. The molecule has 2 aromatic rings. The second-order valence-electron chi connectivity index (χ2n) is 4.05. The lowest BCUT2D eigenvalue weighted by Gasteiger charge is -2.09. The van der Waals surface area contributed by atoms with Crippen LogP contribution in [0, 0.1) is 6.92 Å². The van der Waals surface area contributed by atoms with Gasteiger partial charge in [-0.1, -0.05) is 11.6 Å². The van der Waals surface area contributed by atoms with E-state index in [0.29, 0.717) is 11.3 Å². The summed E-state index contributed by atoms with van der Waals surface area (Å²) < 4.78 is 5.15. The number of aryl methyl sites for hydroxylation is 1. The van der Waals surface area contributed by atoms with Crippen molar-refractivity contribution in [3.05, 3.63) is 51.6 Å². The molecule has 0 saturated carbocycles. The van der Waals surface area contributed by atoms with Crippen LogP contribution in [0.2, 0.25) is 0 Å². The van der Waals surface area contributed by atoms with Gasteiger partial charge >= 0.3 is 5.69 Å². The van der Waals surface area contributed by atoms with E-state index in [-0.39, 0.29) is 17.2 Å². The number of aromatic amines is 1. The molecular formula is C13H13N3O3. The van der Waals surface area contributed by atoms with Crippen molar-refractivity contribution in [3.8, 4) is 5.75 Å². The Morgan fingerprint density at radius 2 is 2.11 bits per heavy atom. The fourth-order valence-electron chi connectivity index (χ4n) is 1.73. The largest absolute Gasteiger partial charge is 0.496 e. The number of carbonyl (C=O) groups excluding carboxylic acids is 1. The van der Waals surface area contributed by atoms with E-state index in [1.54, 1.807) is 12.1 Å². The van der Waals surface area contributed by atoms with Crippen LogP contribution in [0.25, 0.3) is 0 Å². The molecule has 1 aromatic carbocycles. The molecule has 2 rings (SSSR count). The summed E-state index contributed by atoms with van der Waals surface area (Å²) in [5.74, 6) is 0.0940. The van der Waals surface area contributed by atoms with Gasteiger partial charge in [0.25, 0.3) is 0 Å². The molecule has 98 valence electrons. The van der Waals surface area contributed by atoms with Gasteiger partial charge in [0, 0.05) is 6.20 Å². The van der Waals surface area contributed by atoms with Crippen molar-refractivity contribution in [1.29, 1.82) is 0 Å². The second-order valence-corrected chi connectivity index (χ2v) is 4.05. The lowest BCUT2D eigenvalue weighted by Crippen LogP contribution is -2.17. The quantitative estimate of drug-likeness (QED) is 0.798. The maximum absolute atomic E-state index is 12.4. The maximum atomic E-state index is 12.4. The Balaban J connectivity index is 2.55. The number of carbonyl (C=O) groups is 1. The number of rotatable bonds is 3. The second kappa shape index (κ2) is 4.93. The van der Waals surface area contributed by atoms with E-state index in [1.165, 1.54) is 7.11 Å². The number of benzene rings is 1. The predicted molar refractivity (Wildman–Crippen MR) is 70.4 cm³/mol. The average molecular weight is 259 g/mol. The minimum absolute atomic E-state index is 0.00596. The lowest BCUT2D eigenvalue weighted by atomic mass is 10.0. The zero-order valence-corrected chi connectivity index (χ0v) is 10.6. The van der Waals surface area contributed by atoms with Gasteiger partial charge in [0.2, 0.25) is 5.78 Å². The third-order valence-electron chi connectivity index (χ3n) is 2.69. The van der Waals surface area contributed by atoms with Gasteiger partial charge in [-0.3, -0.25) is 9.78 Å². The molecule has 0 spiro atoms. The van der Waals surface area contributed by atoms with Crippen LogP contribution in [0.5, 0.6) is 5.75 Å². The summed E-state index contributed by atoms with van der Waals surface area (Å²) in [6.07, 6.45) is 1.16. The van der Waals surface area contributed by atoms with Crippen molar-refractivity contribution in [2.45, 2.75) is 6.92 Å². The van der Waals surface area contributed by atoms with Crippen molar-refractivity contribution >= 4 is 11.6 Å². The summed E-state index contributed by atoms with van der Waals surface area (Å²) in [7, 11) is 1.48. The van der Waals surface area contributed by atoms with Crippen molar-refractivity contribution < 1.29 is 9.53 Å². The third-order valence-corrected chi connectivity index (χ3v) is 2.69. The molecule has 0 atom stereocenters. The molecule has 0 aliphatic heterocycles. The highest BCUT2D eigenvalue weighted by Gasteiger charge is 2.18. The summed E-state index contributed by atoms with van der Waals surface area (Å²) in [4.78, 5) is 29.2. The molecule has 0 unspecified atom stereocenters. The number of nitrogens with two attached hydrogens (primary N) is 1. The van der Waals surface area contributed by atoms with Crippen LogP contribution in [0.4, 0.5) is 5.82 Å². The van der Waals surface area contributed by atoms with Crippen molar-refractivity contribution in [2.24, 2.45) is 0 Å². The summed E-state index contributed by atoms with van der Waals surface area (Å²) in [6.45, 7) is 1.87. The highest BCUT2D eigenvalue weighted by molar-refractivity contribution is 6.13. The first-order valence-electron chi connectivity index (χ1n) is 5.57. The topological polar surface area (TPSA) is 98.1 Å². The predicted octanol–water partition coefficient (Wildman–Crippen LogP) is 0.900. The van der Waals surface area contributed by atoms with Gasteiger partial charge in [-0.2, -0.15) is 0 Å². The Labute approximate surface area is 109 Å². The zero-order valence-electron chi connectivity index (χ0n) is 10.6. The van der Waals surface area contributed by atoms with Gasteiger partial charge < -0.3 is 10.5 Å². The van der Waals surface area contributed by atoms with E-state index in [0.717, 1.165) is 11.8 Å². The number of aromatic nitrogens is 2. The van der Waals surface area contributed by atoms with Crippen LogP contribution in [0.1, 0.15) is 21.5 Å². The molecule has 6 heteroatoms. The van der Waals surface area contributed by atoms with Gasteiger partial charge in [0.1, 0.15) is 11.6 Å². The zero-order chi connectivity index (χ0) is 14.0. The number of H-pyrrole nitrogens is 1. The van der Waals surface area contributed by atoms with E-state index >= 15 is 0 Å². The first-order valence-corrected chi connectivity index (χ1v) is 5.57. The van der Waals surface area contributed by atoms with E-state index < -0.39 is 5.69 Å². The molecule has 1 aromatic heterocycles. The van der Waals surface area contributed by atoms with Crippen molar-refractivity contribution in [3.63, 3.8) is 0 Å². The summed E-state index contributed by atoms with van der Waals surface area (Å²) in [6, 6.07) is 5.24. The first-order chi connectivity index (χ1) is 9.02. The van der Waals surface area contributed by atoms with Crippen LogP contribution < -0.4 is 16.2 Å². The molecule has 6 nitrogen and oxygen atoms in total. The van der Waals surface area contributed by atoms with Crippen LogP contribution in [-0.2, 0) is 0 Å². The van der Waals surface area contributed by atoms with Crippen LogP contribution >= 0.6 is 0 Å². The van der Waals surface area contributed by atoms with Gasteiger partial charge in [-0.05, 0) is 19.1 Å². The number of ether oxygens (including phenoxy) is 1. The number of ketones is 1. The standard InChI is InChI=1S/C13H13N3O3/c1-7-3-4-10(19-2)8(5-7)11(17)9-6-15-13(18)16-12(9)14/h3-6H,1-2H3,(H3,14,15,16,18). The Hall–Kier alpha value is -2.63. The van der Waals surface area contributed by atoms with Gasteiger partial charge in [-0.25, -0.2) is 9.78 Å². The highest BCUT2D eigenvalue weighted by Crippen LogP contribution is 2.23. The van der Waals surface area contributed by atoms with E-state index in [9.17, 15) is 9.59 Å². The maximum Gasteiger partial charge on any atom is 0.346 e. The molecular weight excluding hydrogens is 246 g/mol. The van der Waals surface area contributed by atoms with Crippen molar-refractivity contribution in [2.75, 3.05) is 12.8 Å². The van der Waals surface area contributed by atoms with Crippen LogP contribution in [0.3, 0.4) is 0 Å². The lowest BCUT2D eigenvalue weighted by molar-refractivity contribution is 0.103. The molecule has 0 fully saturated rings. The number of nitrogens with zero attached hydrogens (tertiary/aromatic N) is 1. The van der Waals surface area contributed by atoms with Gasteiger partial charge in [0.15, 0.2) is 0 Å². The molecule has 0 bridgehead atoms. The Morgan fingerprint density at radius 1 is 1.37 bits per heavy atom. The Bertz CT molecular complexity index is 692. The number of nitrogen functional groups attached to an aromatic ring is 1. The van der Waals surface area contributed by atoms with Crippen LogP contribution in [0.15, 0.2) is 29.2 Å². The molecule has 1 heterocycles. The smallest absolute Gasteiger partial charge is 0.346 e. The molecule has 0 saturated heterocycles. The number of anilines is 1. The number of methoxy groups -OCH3 is 1. The SMILES string of the molecule is COc1ccc(C)cc1C(=O)c1cnc(=O)[nH]c1N. The minimum Gasteiger partial charge on any atom is -0.496 e. The fourth-order valence-corrected chi connectivity index (χ4v) is 1.73. The summed E-state index contributed by atoms with van der Waals surface area (Å²) >= 11 is 0. The number of hydrogen-bond donors (Lipinski definition) is 2. The van der Waals surface area contributed by atoms with E-state index in [1.807, 2.05) is 13.0 Å². The molecule has 19 heavy (non-hydrogen) atoms. The number of hydrogen-bond acceptors (Lipinski definition) is 5. The molecule has 0 radical (unpaired) electrons. The molecule has 0 aliphatic carbocycles. The molecule has 0 amide bonds. The average Bonchev–Trinajstić information content (AvgIpc) is 2.38. The number of nitrogens with one attached hydrogen (secondary N) is 1. The summed E-state index contributed by atoms with van der Waals surface area (Å²) in [5.41, 5.74) is 6.48. The third kappa shape index (κ3) is 2.47. The monoisotopic (exact) mass is 259 g/mol. The van der Waals surface area contributed by atoms with Crippen LogP contribution in [-0.4, -0.2) is 22.9 Å². The van der Waals surface area contributed by atoms with Gasteiger partial charge in [-0.15, -0.1) is 0 Å². The normalized spacial score (nSPS) is 10.2. The Kier molecular flexibility index (Phi) is 3.33. The minimum atomic E-state index is -0.592. The highest BCUT2D eigenvalue weighted by atomic mass is 16.5. The van der Waals surface area contributed by atoms with E-state index in [4.69, 9.17) is 10.5 Å². The Morgan fingerprint density at radius 3 is 2.74 bits per heavy atom. The summed E-state index contributed by atoms with van der Waals surface area (Å²) in [5, 5.41) is 0. The fraction of sp³-hybridized carbons (Fsp3) is 0.154.